The lowest BCUT2D eigenvalue weighted by Crippen LogP contribution is -2.17. The van der Waals surface area contributed by atoms with E-state index in [1.165, 1.54) is 63.5 Å². The largest absolute Gasteiger partial charge is 0.356 e. The summed E-state index contributed by atoms with van der Waals surface area (Å²) >= 11 is 10.4. The molecule has 0 atom stereocenters. The fourth-order valence-electron chi connectivity index (χ4n) is 13.4. The third kappa shape index (κ3) is 13.3. The second kappa shape index (κ2) is 30.3. The number of anilines is 11. The lowest BCUT2D eigenvalue weighted by atomic mass is 10.1. The first-order chi connectivity index (χ1) is 49.8. The van der Waals surface area contributed by atoms with E-state index in [1.54, 1.807) is 36.0 Å². The van der Waals surface area contributed by atoms with Crippen molar-refractivity contribution in [2.75, 3.05) is 20.0 Å². The average molecular weight is 1400 g/mol. The van der Waals surface area contributed by atoms with Crippen molar-refractivity contribution in [1.29, 1.82) is 10.5 Å². The van der Waals surface area contributed by atoms with Gasteiger partial charge in [0, 0.05) is 80.3 Å². The van der Waals surface area contributed by atoms with Crippen LogP contribution in [-0.4, -0.2) is 9.13 Å². The summed E-state index contributed by atoms with van der Waals surface area (Å²) in [5.41, 5.74) is 20.3. The summed E-state index contributed by atoms with van der Waals surface area (Å²) < 4.78 is 4.67. The Balaban J connectivity index is 0.000000153. The van der Waals surface area contributed by atoms with Crippen molar-refractivity contribution >= 4 is 153 Å². The molecule has 0 radical (unpaired) electrons. The van der Waals surface area contributed by atoms with E-state index in [2.05, 4.69) is 282 Å². The molecule has 0 spiro atoms. The number of rotatable bonds is 9. The Labute approximate surface area is 620 Å². The first-order valence-corrected chi connectivity index (χ1v) is 34.6. The molecule has 14 aromatic carbocycles. The number of para-hydroxylation sites is 8. The lowest BCUT2D eigenvalue weighted by molar-refractivity contribution is 1.13. The van der Waals surface area contributed by atoms with Gasteiger partial charge in [-0.1, -0.05) is 203 Å². The molecular weight excluding hydrogens is 1330 g/mol. The van der Waals surface area contributed by atoms with Crippen molar-refractivity contribution in [2.24, 2.45) is 0 Å². The number of halogens is 1. The van der Waals surface area contributed by atoms with E-state index in [9.17, 15) is 5.26 Å². The number of benzene rings is 14. The molecule has 0 saturated heterocycles. The van der Waals surface area contributed by atoms with E-state index in [0.29, 0.717) is 27.5 Å². The summed E-state index contributed by atoms with van der Waals surface area (Å²) in [6.45, 7) is 14.4. The summed E-state index contributed by atoms with van der Waals surface area (Å²) in [5.74, 6) is 0. The van der Waals surface area contributed by atoms with Crippen LogP contribution >= 0.6 is 35.1 Å². The molecule has 18 rings (SSSR count). The first-order valence-electron chi connectivity index (χ1n) is 32.6. The molecule has 0 bridgehead atoms. The van der Waals surface area contributed by atoms with E-state index >= 15 is 0 Å². The highest BCUT2D eigenvalue weighted by molar-refractivity contribution is 8.00. The fraction of sp³-hybridized carbons (Fsp3) is 0.0330. The third-order valence-electron chi connectivity index (χ3n) is 17.9. The number of aromatic nitrogens is 2. The minimum absolute atomic E-state index is 0. The van der Waals surface area contributed by atoms with Crippen molar-refractivity contribution in [3.63, 3.8) is 0 Å². The molecule has 2 aliphatic rings. The minimum Gasteiger partial charge on any atom is -0.356 e. The van der Waals surface area contributed by atoms with Gasteiger partial charge in [-0.25, -0.2) is 9.69 Å². The molecule has 16 aromatic rings. The molecule has 1 N–H and O–H groups in total. The smallest absolute Gasteiger partial charge is 0.187 e. The van der Waals surface area contributed by atoms with Gasteiger partial charge >= 0.3 is 0 Å². The zero-order valence-corrected chi connectivity index (χ0v) is 56.3. The molecule has 2 aliphatic heterocycles. The van der Waals surface area contributed by atoms with Crippen LogP contribution in [0.25, 0.3) is 64.7 Å². The van der Waals surface area contributed by atoms with Crippen molar-refractivity contribution in [3.05, 3.63) is 367 Å². The molecule has 500 valence electrons. The molecule has 0 saturated carbocycles. The van der Waals surface area contributed by atoms with E-state index in [4.69, 9.17) is 30.0 Å². The molecule has 0 amide bonds. The standard InChI is InChI=1S/C44H27N5S.C30H19ClN2S.C14H9N3.3CH4/c1-46-31-20-24-33(25-21-31)47(32-22-18-30(29-45)19-23-32)34-26-35(48-39-12-4-2-10-37(39)38-11-3-5-13-40(38)48)28-36(27-34)49-41-14-6-8-16-43(41)50-44-17-9-7-15-42(44)49;31-20-17-21(32-25-11-3-1-9-23(25)24-10-2-4-12-26(24)32)19-22(18-20)33-27-13-5-7-15-29(27)34-30-16-8-6-14-28(30)33;1-16-12-6-8-14(9-7-12)17-13-4-2-11(10-15)3-5-13;;;/h2-28H;1-19H;2-9,17H;3*1H4. The molecule has 4 heterocycles. The van der Waals surface area contributed by atoms with E-state index in [0.717, 1.165) is 73.6 Å². The maximum Gasteiger partial charge on any atom is 0.187 e. The van der Waals surface area contributed by atoms with E-state index in [-0.39, 0.29) is 22.3 Å². The maximum absolute atomic E-state index is 9.61. The Bertz CT molecular complexity index is 5730. The van der Waals surface area contributed by atoms with Gasteiger partial charge in [0.25, 0.3) is 0 Å². The summed E-state index contributed by atoms with van der Waals surface area (Å²) in [4.78, 5) is 18.7. The molecule has 10 nitrogen and oxygen atoms in total. The lowest BCUT2D eigenvalue weighted by Gasteiger charge is -2.34. The molecule has 0 aliphatic carbocycles. The average Bonchev–Trinajstić information content (AvgIpc) is 1.52. The van der Waals surface area contributed by atoms with E-state index < -0.39 is 0 Å². The van der Waals surface area contributed by atoms with Gasteiger partial charge in [-0.2, -0.15) is 10.5 Å². The number of hydrogen-bond donors (Lipinski definition) is 1. The van der Waals surface area contributed by atoms with Crippen LogP contribution < -0.4 is 20.0 Å². The number of nitrogens with one attached hydrogen (secondary N) is 1. The van der Waals surface area contributed by atoms with Crippen LogP contribution in [0.5, 0.6) is 0 Å². The Kier molecular flexibility index (Phi) is 20.2. The van der Waals surface area contributed by atoms with Gasteiger partial charge in [0.1, 0.15) is 0 Å². The Hall–Kier alpha value is -13.2. The van der Waals surface area contributed by atoms with Crippen LogP contribution in [0.3, 0.4) is 0 Å². The van der Waals surface area contributed by atoms with Crippen LogP contribution in [0.1, 0.15) is 33.4 Å². The van der Waals surface area contributed by atoms with Gasteiger partial charge in [-0.15, -0.1) is 0 Å². The highest BCUT2D eigenvalue weighted by Crippen LogP contribution is 2.54. The van der Waals surface area contributed by atoms with Gasteiger partial charge < -0.3 is 29.2 Å². The van der Waals surface area contributed by atoms with Crippen LogP contribution in [-0.2, 0) is 0 Å². The number of nitriles is 2. The number of nitrogens with zero attached hydrogens (tertiary/aromatic N) is 9. The molecule has 2 aromatic heterocycles. The second-order valence-corrected chi connectivity index (χ2v) is 26.6. The predicted octanol–water partition coefficient (Wildman–Crippen LogP) is 27.7. The van der Waals surface area contributed by atoms with Crippen molar-refractivity contribution in [3.8, 4) is 23.5 Å². The summed E-state index contributed by atoms with van der Waals surface area (Å²) in [6.07, 6.45) is 0. The Morgan fingerprint density at radius 1 is 0.337 bits per heavy atom. The quantitative estimate of drug-likeness (QED) is 0.143. The number of fused-ring (bicyclic) bond motifs is 10. The van der Waals surface area contributed by atoms with Crippen LogP contribution in [0.2, 0.25) is 5.02 Å². The summed E-state index contributed by atoms with van der Waals surface area (Å²) in [7, 11) is 0. The van der Waals surface area contributed by atoms with Crippen molar-refractivity contribution in [1.82, 2.24) is 9.13 Å². The van der Waals surface area contributed by atoms with Crippen molar-refractivity contribution in [2.45, 2.75) is 41.9 Å². The Morgan fingerprint density at radius 3 is 1.02 bits per heavy atom. The summed E-state index contributed by atoms with van der Waals surface area (Å²) in [6, 6.07) is 116. The molecule has 0 fully saturated rings. The van der Waals surface area contributed by atoms with Gasteiger partial charge in [0.05, 0.1) is 98.3 Å². The predicted molar refractivity (Wildman–Crippen MR) is 437 cm³/mol. The van der Waals surface area contributed by atoms with Crippen LogP contribution in [0, 0.1) is 35.8 Å². The van der Waals surface area contributed by atoms with Crippen LogP contribution in [0.4, 0.5) is 73.9 Å². The monoisotopic (exact) mass is 1400 g/mol. The zero-order valence-electron chi connectivity index (χ0n) is 53.9. The third-order valence-corrected chi connectivity index (χ3v) is 20.3. The molecule has 0 unspecified atom stereocenters. The molecular formula is C91H67ClN10S2. The highest BCUT2D eigenvalue weighted by atomic mass is 35.5. The topological polar surface area (TPSA) is 87.9 Å². The van der Waals surface area contributed by atoms with Crippen molar-refractivity contribution < 1.29 is 0 Å². The Morgan fingerprint density at radius 2 is 0.635 bits per heavy atom. The fourth-order valence-corrected chi connectivity index (χ4v) is 15.7. The van der Waals surface area contributed by atoms with Gasteiger partial charge in [0.15, 0.2) is 11.4 Å². The highest BCUT2D eigenvalue weighted by Gasteiger charge is 2.29. The SMILES string of the molecule is C.C.C.Clc1cc(N2c3ccccc3Sc3ccccc32)cc(-n2c3ccccc3c3ccccc32)c1.[C-]#[N+]c1ccc(N(c2ccc(C#N)cc2)c2cc(N3c4ccccc4Sc4ccccc43)cc(-n3c4ccccc4c4ccccc43)c2)cc1.[C-]#[N+]c1ccc(Nc2ccc(C#N)cc2)cc1. The zero-order chi connectivity index (χ0) is 68.3. The van der Waals surface area contributed by atoms with Crippen LogP contribution in [0.15, 0.2) is 347 Å². The van der Waals surface area contributed by atoms with Gasteiger partial charge in [-0.3, -0.25) is 0 Å². The molecule has 104 heavy (non-hydrogen) atoms. The van der Waals surface area contributed by atoms with Gasteiger partial charge in [-0.05, 0) is 182 Å². The van der Waals surface area contributed by atoms with Gasteiger partial charge in [0.2, 0.25) is 0 Å². The minimum atomic E-state index is 0. The first kappa shape index (κ1) is 69.3. The number of hydrogen-bond acceptors (Lipinski definition) is 8. The molecule has 13 heteroatoms. The second-order valence-electron chi connectivity index (χ2n) is 24.0. The van der Waals surface area contributed by atoms with E-state index in [1.807, 2.05) is 84.6 Å². The summed E-state index contributed by atoms with van der Waals surface area (Å²) in [5, 5.41) is 27.1. The normalized spacial score (nSPS) is 11.3. The maximum atomic E-state index is 9.61.